The first-order valence-electron chi connectivity index (χ1n) is 11.1. The summed E-state index contributed by atoms with van der Waals surface area (Å²) in [6, 6.07) is 19.5. The maximum atomic E-state index is 13.9. The number of nitrogens with zero attached hydrogens (tertiary/aromatic N) is 2. The first-order valence-corrected chi connectivity index (χ1v) is 12.6. The normalized spacial score (nSPS) is 15.9. The molecule has 0 aliphatic carbocycles. The van der Waals surface area contributed by atoms with Gasteiger partial charge in [-0.3, -0.25) is 4.79 Å². The van der Waals surface area contributed by atoms with Gasteiger partial charge in [0.2, 0.25) is 15.9 Å². The molecule has 1 unspecified atom stereocenters. The Bertz CT molecular complexity index is 1370. The number of fused-ring (bicyclic) bond motifs is 1. The summed E-state index contributed by atoms with van der Waals surface area (Å²) in [4.78, 5) is 13.6. The second-order valence-corrected chi connectivity index (χ2v) is 10.6. The summed E-state index contributed by atoms with van der Waals surface area (Å²) in [5.74, 6) is -0.343. The van der Waals surface area contributed by atoms with Gasteiger partial charge in [-0.15, -0.1) is 0 Å². The van der Waals surface area contributed by atoms with Crippen molar-refractivity contribution in [3.05, 3.63) is 99.6 Å². The van der Waals surface area contributed by atoms with Gasteiger partial charge in [-0.05, 0) is 67.1 Å². The first-order chi connectivity index (χ1) is 16.2. The van der Waals surface area contributed by atoms with E-state index in [-0.39, 0.29) is 23.9 Å². The van der Waals surface area contributed by atoms with Crippen LogP contribution in [0.25, 0.3) is 0 Å². The Hall–Kier alpha value is -3.47. The molecule has 174 valence electrons. The largest absolute Gasteiger partial charge is 0.351 e. The number of carbonyl (C=O) groups is 1. The van der Waals surface area contributed by atoms with Crippen molar-refractivity contribution in [2.75, 3.05) is 0 Å². The van der Waals surface area contributed by atoms with Gasteiger partial charge in [-0.25, -0.2) is 8.42 Å². The van der Waals surface area contributed by atoms with Crippen molar-refractivity contribution < 1.29 is 13.2 Å². The van der Waals surface area contributed by atoms with E-state index in [0.717, 1.165) is 22.3 Å². The Morgan fingerprint density at radius 3 is 2.26 bits per heavy atom. The van der Waals surface area contributed by atoms with Crippen molar-refractivity contribution in [2.24, 2.45) is 0 Å². The zero-order chi connectivity index (χ0) is 24.5. The van der Waals surface area contributed by atoms with E-state index in [9.17, 15) is 13.2 Å². The summed E-state index contributed by atoms with van der Waals surface area (Å²) in [5.41, 5.74) is 5.61. The zero-order valence-electron chi connectivity index (χ0n) is 19.5. The minimum absolute atomic E-state index is 0.139. The van der Waals surface area contributed by atoms with Crippen molar-refractivity contribution in [3.63, 3.8) is 0 Å². The maximum Gasteiger partial charge on any atom is 0.244 e. The highest BCUT2D eigenvalue weighted by Gasteiger charge is 2.40. The molecule has 0 saturated carbocycles. The number of carbonyl (C=O) groups excluding carboxylic acids is 1. The van der Waals surface area contributed by atoms with Crippen LogP contribution < -0.4 is 5.32 Å². The molecule has 1 aliphatic rings. The van der Waals surface area contributed by atoms with Gasteiger partial charge in [-0.2, -0.15) is 9.57 Å². The molecule has 0 fully saturated rings. The lowest BCUT2D eigenvalue weighted by molar-refractivity contribution is -0.125. The van der Waals surface area contributed by atoms with E-state index in [0.29, 0.717) is 23.1 Å². The fraction of sp³-hybridized carbons (Fsp3) is 0.259. The molecule has 0 spiro atoms. The van der Waals surface area contributed by atoms with E-state index in [4.69, 9.17) is 5.26 Å². The number of hydrogen-bond donors (Lipinski definition) is 1. The molecule has 0 aromatic heterocycles. The summed E-state index contributed by atoms with van der Waals surface area (Å²) >= 11 is 0. The van der Waals surface area contributed by atoms with Crippen molar-refractivity contribution in [2.45, 2.75) is 51.2 Å². The van der Waals surface area contributed by atoms with Crippen molar-refractivity contribution in [1.29, 1.82) is 5.26 Å². The Morgan fingerprint density at radius 2 is 1.65 bits per heavy atom. The van der Waals surface area contributed by atoms with Gasteiger partial charge in [0.1, 0.15) is 6.04 Å². The quantitative estimate of drug-likeness (QED) is 0.608. The molecule has 34 heavy (non-hydrogen) atoms. The van der Waals surface area contributed by atoms with Crippen LogP contribution in [0.5, 0.6) is 0 Å². The van der Waals surface area contributed by atoms with Crippen LogP contribution in [0.15, 0.2) is 65.6 Å². The highest BCUT2D eigenvalue weighted by molar-refractivity contribution is 7.89. The summed E-state index contributed by atoms with van der Waals surface area (Å²) in [5, 5.41) is 11.9. The number of rotatable bonds is 5. The highest BCUT2D eigenvalue weighted by atomic mass is 32.2. The molecule has 4 rings (SSSR count). The summed E-state index contributed by atoms with van der Waals surface area (Å²) in [6.45, 7) is 5.92. The molecular weight excluding hydrogens is 446 g/mol. The topological polar surface area (TPSA) is 90.3 Å². The van der Waals surface area contributed by atoms with Gasteiger partial charge in [0, 0.05) is 13.1 Å². The third kappa shape index (κ3) is 4.60. The van der Waals surface area contributed by atoms with Gasteiger partial charge < -0.3 is 5.32 Å². The van der Waals surface area contributed by atoms with Crippen LogP contribution in [-0.2, 0) is 34.3 Å². The van der Waals surface area contributed by atoms with Gasteiger partial charge in [-0.1, -0.05) is 54.1 Å². The van der Waals surface area contributed by atoms with Crippen LogP contribution in [0.1, 0.15) is 38.9 Å². The van der Waals surface area contributed by atoms with Crippen molar-refractivity contribution in [3.8, 4) is 6.07 Å². The third-order valence-corrected chi connectivity index (χ3v) is 8.39. The summed E-state index contributed by atoms with van der Waals surface area (Å²) in [7, 11) is -3.93. The Balaban J connectivity index is 1.67. The Morgan fingerprint density at radius 1 is 1.03 bits per heavy atom. The maximum absolute atomic E-state index is 13.9. The van der Waals surface area contributed by atoms with E-state index >= 15 is 0 Å². The monoisotopic (exact) mass is 473 g/mol. The van der Waals surface area contributed by atoms with E-state index in [1.807, 2.05) is 43.3 Å². The Kier molecular flexibility index (Phi) is 6.56. The summed E-state index contributed by atoms with van der Waals surface area (Å²) in [6.07, 6.45) is 0.304. The van der Waals surface area contributed by atoms with Gasteiger partial charge in [0.25, 0.3) is 0 Å². The van der Waals surface area contributed by atoms with Gasteiger partial charge in [0.15, 0.2) is 0 Å². The molecule has 1 amide bonds. The van der Waals surface area contributed by atoms with Crippen LogP contribution >= 0.6 is 0 Å². The van der Waals surface area contributed by atoms with Crippen LogP contribution in [0, 0.1) is 32.1 Å². The molecule has 0 saturated heterocycles. The lowest BCUT2D eigenvalue weighted by Gasteiger charge is -2.35. The van der Waals surface area contributed by atoms with E-state index < -0.39 is 16.1 Å². The second-order valence-electron chi connectivity index (χ2n) is 8.79. The number of amides is 1. The van der Waals surface area contributed by atoms with Gasteiger partial charge >= 0.3 is 0 Å². The fourth-order valence-corrected chi connectivity index (χ4v) is 6.65. The third-order valence-electron chi connectivity index (χ3n) is 6.23. The number of hydrogen-bond acceptors (Lipinski definition) is 4. The minimum Gasteiger partial charge on any atom is -0.351 e. The van der Waals surface area contributed by atoms with Crippen molar-refractivity contribution >= 4 is 15.9 Å². The fourth-order valence-electron chi connectivity index (χ4n) is 4.67. The molecule has 1 atom stereocenters. The predicted molar refractivity (Wildman–Crippen MR) is 130 cm³/mol. The molecule has 7 heteroatoms. The van der Waals surface area contributed by atoms with Gasteiger partial charge in [0.05, 0.1) is 16.5 Å². The number of benzene rings is 3. The molecular formula is C27H27N3O3S. The second kappa shape index (κ2) is 9.41. The SMILES string of the molecule is Cc1cc(C)c(S(=O)(=O)N2Cc3ccccc3CC2C(=O)NCc2ccc(C#N)cc2)c(C)c1. The highest BCUT2D eigenvalue weighted by Crippen LogP contribution is 2.32. The molecule has 3 aromatic rings. The van der Waals surface area contributed by atoms with Crippen LogP contribution in [0.4, 0.5) is 0 Å². The summed E-state index contributed by atoms with van der Waals surface area (Å²) < 4.78 is 29.2. The lowest BCUT2D eigenvalue weighted by Crippen LogP contribution is -2.52. The van der Waals surface area contributed by atoms with Crippen LogP contribution in [-0.4, -0.2) is 24.7 Å². The molecule has 3 aromatic carbocycles. The van der Waals surface area contributed by atoms with Crippen molar-refractivity contribution in [1.82, 2.24) is 9.62 Å². The predicted octanol–water partition coefficient (Wildman–Crippen LogP) is 3.92. The Labute approximate surface area is 200 Å². The van der Waals surface area contributed by atoms with Crippen LogP contribution in [0.2, 0.25) is 0 Å². The number of sulfonamides is 1. The first kappa shape index (κ1) is 23.7. The minimum atomic E-state index is -3.93. The molecule has 1 N–H and O–H groups in total. The molecule has 0 radical (unpaired) electrons. The molecule has 6 nitrogen and oxygen atoms in total. The average molecular weight is 474 g/mol. The standard InChI is InChI=1S/C27H27N3O3S/c1-18-12-19(2)26(20(3)13-18)34(32,33)30-17-24-7-5-4-6-23(24)14-25(30)27(31)29-16-22-10-8-21(15-28)9-11-22/h4-13,25H,14,16-17H2,1-3H3,(H,29,31). The molecule has 1 heterocycles. The lowest BCUT2D eigenvalue weighted by atomic mass is 9.95. The van der Waals surface area contributed by atoms with E-state index in [1.165, 1.54) is 4.31 Å². The molecule has 0 bridgehead atoms. The number of nitrogens with one attached hydrogen (secondary N) is 1. The average Bonchev–Trinajstić information content (AvgIpc) is 2.81. The smallest absolute Gasteiger partial charge is 0.244 e. The number of nitriles is 1. The van der Waals surface area contributed by atoms with Crippen LogP contribution in [0.3, 0.4) is 0 Å². The number of aryl methyl sites for hydroxylation is 3. The van der Waals surface area contributed by atoms with E-state index in [1.54, 1.807) is 38.1 Å². The molecule has 1 aliphatic heterocycles. The zero-order valence-corrected chi connectivity index (χ0v) is 20.3. The van der Waals surface area contributed by atoms with E-state index in [2.05, 4.69) is 11.4 Å².